The van der Waals surface area contributed by atoms with Crippen molar-refractivity contribution in [3.8, 4) is 5.75 Å². The van der Waals surface area contributed by atoms with Crippen LogP contribution >= 0.6 is 0 Å². The van der Waals surface area contributed by atoms with E-state index < -0.39 is 0 Å². The number of nitrogens with two attached hydrogens (primary N) is 1. The number of anilines is 1. The molecule has 2 aliphatic heterocycles. The Hall–Kier alpha value is -1.22. The molecule has 0 saturated carbocycles. The van der Waals surface area contributed by atoms with Gasteiger partial charge in [0.15, 0.2) is 0 Å². The number of methoxy groups -OCH3 is 1. The Morgan fingerprint density at radius 3 is 3.06 bits per heavy atom. The summed E-state index contributed by atoms with van der Waals surface area (Å²) in [6, 6.07) is 7.41. The van der Waals surface area contributed by atoms with Gasteiger partial charge in [0.2, 0.25) is 0 Å². The number of nitrogens with zero attached hydrogens (tertiary/aromatic N) is 1. The summed E-state index contributed by atoms with van der Waals surface area (Å²) in [7, 11) is 1.76. The van der Waals surface area contributed by atoms with Crippen LogP contribution < -0.4 is 15.4 Å². The zero-order valence-electron chi connectivity index (χ0n) is 10.4. The van der Waals surface area contributed by atoms with E-state index in [1.54, 1.807) is 7.11 Å². The molecule has 0 radical (unpaired) electrons. The molecule has 1 fully saturated rings. The van der Waals surface area contributed by atoms with Crippen molar-refractivity contribution in [3.05, 3.63) is 23.8 Å². The molecule has 3 rings (SSSR count). The molecule has 0 amide bonds. The predicted octanol–water partition coefficient (Wildman–Crippen LogP) is 1.94. The molecule has 2 unspecified atom stereocenters. The molecule has 1 saturated heterocycles. The molecule has 1 aromatic carbocycles. The highest BCUT2D eigenvalue weighted by Gasteiger charge is 2.32. The third-order valence-electron chi connectivity index (χ3n) is 4.12. The fourth-order valence-electron chi connectivity index (χ4n) is 3.25. The van der Waals surface area contributed by atoms with Gasteiger partial charge in [0, 0.05) is 29.9 Å². The summed E-state index contributed by atoms with van der Waals surface area (Å²) in [5.74, 6) is 1.04. The Kier molecular flexibility index (Phi) is 2.71. The van der Waals surface area contributed by atoms with Crippen LogP contribution in [0.25, 0.3) is 0 Å². The number of piperidine rings is 1. The Morgan fingerprint density at radius 2 is 2.24 bits per heavy atom. The maximum atomic E-state index is 6.07. The molecule has 0 aliphatic carbocycles. The molecule has 92 valence electrons. The van der Waals surface area contributed by atoms with Gasteiger partial charge in [-0.05, 0) is 37.8 Å². The molecule has 0 bridgehead atoms. The van der Waals surface area contributed by atoms with Gasteiger partial charge < -0.3 is 15.4 Å². The minimum atomic E-state index is 0.392. The molecule has 0 spiro atoms. The monoisotopic (exact) mass is 232 g/mol. The third-order valence-corrected chi connectivity index (χ3v) is 4.12. The molecule has 2 atom stereocenters. The zero-order chi connectivity index (χ0) is 11.8. The molecular weight excluding hydrogens is 212 g/mol. The van der Waals surface area contributed by atoms with Gasteiger partial charge in [0.1, 0.15) is 5.75 Å². The van der Waals surface area contributed by atoms with Crippen molar-refractivity contribution in [3.63, 3.8) is 0 Å². The van der Waals surface area contributed by atoms with Crippen LogP contribution in [0.1, 0.15) is 24.8 Å². The van der Waals surface area contributed by atoms with E-state index in [9.17, 15) is 0 Å². The Balaban J connectivity index is 1.97. The van der Waals surface area contributed by atoms with E-state index in [-0.39, 0.29) is 0 Å². The van der Waals surface area contributed by atoms with Crippen LogP contribution in [0.2, 0.25) is 0 Å². The summed E-state index contributed by atoms with van der Waals surface area (Å²) in [5.41, 5.74) is 8.81. The maximum Gasteiger partial charge on any atom is 0.124 e. The highest BCUT2D eigenvalue weighted by molar-refractivity contribution is 5.62. The lowest BCUT2D eigenvalue weighted by Gasteiger charge is -2.44. The first-order valence-electron chi connectivity index (χ1n) is 6.47. The lowest BCUT2D eigenvalue weighted by atomic mass is 9.87. The van der Waals surface area contributed by atoms with E-state index in [1.807, 2.05) is 0 Å². The van der Waals surface area contributed by atoms with Gasteiger partial charge in [-0.1, -0.05) is 6.07 Å². The van der Waals surface area contributed by atoms with Crippen molar-refractivity contribution < 1.29 is 4.74 Å². The molecule has 17 heavy (non-hydrogen) atoms. The summed E-state index contributed by atoms with van der Waals surface area (Å²) in [6.07, 6.45) is 4.57. The highest BCUT2D eigenvalue weighted by atomic mass is 16.5. The molecule has 2 N–H and O–H groups in total. The van der Waals surface area contributed by atoms with Crippen LogP contribution in [-0.4, -0.2) is 25.7 Å². The first kappa shape index (κ1) is 10.9. The van der Waals surface area contributed by atoms with E-state index in [2.05, 4.69) is 23.1 Å². The van der Waals surface area contributed by atoms with Crippen LogP contribution in [0.3, 0.4) is 0 Å². The van der Waals surface area contributed by atoms with E-state index in [1.165, 1.54) is 17.7 Å². The van der Waals surface area contributed by atoms with Crippen LogP contribution in [0.5, 0.6) is 5.75 Å². The topological polar surface area (TPSA) is 38.5 Å². The zero-order valence-corrected chi connectivity index (χ0v) is 10.4. The Bertz CT molecular complexity index is 419. The van der Waals surface area contributed by atoms with Crippen molar-refractivity contribution in [2.24, 2.45) is 5.73 Å². The quantitative estimate of drug-likeness (QED) is 0.804. The molecule has 3 nitrogen and oxygen atoms in total. The largest absolute Gasteiger partial charge is 0.496 e. The summed E-state index contributed by atoms with van der Waals surface area (Å²) in [5, 5.41) is 0. The van der Waals surface area contributed by atoms with Gasteiger partial charge >= 0.3 is 0 Å². The lowest BCUT2D eigenvalue weighted by molar-refractivity contribution is 0.372. The predicted molar refractivity (Wildman–Crippen MR) is 69.7 cm³/mol. The minimum absolute atomic E-state index is 0.392. The lowest BCUT2D eigenvalue weighted by Crippen LogP contribution is -2.49. The molecule has 2 aliphatic rings. The summed E-state index contributed by atoms with van der Waals surface area (Å²) in [4.78, 5) is 2.53. The van der Waals surface area contributed by atoms with Crippen molar-refractivity contribution in [1.29, 1.82) is 0 Å². The highest BCUT2D eigenvalue weighted by Crippen LogP contribution is 2.39. The van der Waals surface area contributed by atoms with Gasteiger partial charge in [-0.15, -0.1) is 0 Å². The van der Waals surface area contributed by atoms with Gasteiger partial charge in [-0.3, -0.25) is 0 Å². The van der Waals surface area contributed by atoms with Gasteiger partial charge in [0.05, 0.1) is 7.11 Å². The molecule has 1 aromatic rings. The Morgan fingerprint density at radius 1 is 1.35 bits per heavy atom. The fourth-order valence-corrected chi connectivity index (χ4v) is 3.25. The van der Waals surface area contributed by atoms with Crippen LogP contribution in [0.4, 0.5) is 5.69 Å². The maximum absolute atomic E-state index is 6.07. The average Bonchev–Trinajstić information content (AvgIpc) is 2.37. The van der Waals surface area contributed by atoms with E-state index in [4.69, 9.17) is 10.5 Å². The molecule has 0 aromatic heterocycles. The summed E-state index contributed by atoms with van der Waals surface area (Å²) < 4.78 is 5.46. The standard InChI is InChI=1S/C14H20N2O/c1-17-14-4-2-3-13-12(14)6-5-11-9-10(15)7-8-16(11)13/h2-4,10-11H,5-9,15H2,1H3. The van der Waals surface area contributed by atoms with Crippen LogP contribution in [-0.2, 0) is 6.42 Å². The number of fused-ring (bicyclic) bond motifs is 3. The average molecular weight is 232 g/mol. The van der Waals surface area contributed by atoms with Crippen molar-refractivity contribution >= 4 is 5.69 Å². The Labute approximate surface area is 103 Å². The second-order valence-corrected chi connectivity index (χ2v) is 5.13. The van der Waals surface area contributed by atoms with Crippen LogP contribution in [0.15, 0.2) is 18.2 Å². The van der Waals surface area contributed by atoms with Crippen molar-refractivity contribution in [1.82, 2.24) is 0 Å². The smallest absolute Gasteiger partial charge is 0.124 e. The fraction of sp³-hybridized carbons (Fsp3) is 0.571. The van der Waals surface area contributed by atoms with Crippen molar-refractivity contribution in [2.45, 2.75) is 37.8 Å². The van der Waals surface area contributed by atoms with Gasteiger partial charge in [0.25, 0.3) is 0 Å². The van der Waals surface area contributed by atoms with Gasteiger partial charge in [-0.2, -0.15) is 0 Å². The normalized spacial score (nSPS) is 27.3. The SMILES string of the molecule is COc1cccc2c1CCC1CC(N)CCN21. The minimum Gasteiger partial charge on any atom is -0.496 e. The number of benzene rings is 1. The van der Waals surface area contributed by atoms with E-state index >= 15 is 0 Å². The first-order chi connectivity index (χ1) is 8.29. The second-order valence-electron chi connectivity index (χ2n) is 5.13. The second kappa shape index (κ2) is 4.22. The van der Waals surface area contributed by atoms with Gasteiger partial charge in [-0.25, -0.2) is 0 Å². The van der Waals surface area contributed by atoms with Crippen molar-refractivity contribution in [2.75, 3.05) is 18.6 Å². The van der Waals surface area contributed by atoms with E-state index in [0.717, 1.165) is 31.6 Å². The first-order valence-corrected chi connectivity index (χ1v) is 6.47. The molecular formula is C14H20N2O. The molecule has 2 heterocycles. The third kappa shape index (κ3) is 1.78. The number of hydrogen-bond acceptors (Lipinski definition) is 3. The van der Waals surface area contributed by atoms with E-state index in [0.29, 0.717) is 12.1 Å². The summed E-state index contributed by atoms with van der Waals surface area (Å²) in [6.45, 7) is 1.09. The number of rotatable bonds is 1. The number of hydrogen-bond donors (Lipinski definition) is 1. The molecule has 3 heteroatoms. The van der Waals surface area contributed by atoms with Crippen LogP contribution in [0, 0.1) is 0 Å². The number of ether oxygens (including phenoxy) is 1. The summed E-state index contributed by atoms with van der Waals surface area (Å²) >= 11 is 0.